The molecule has 2 atom stereocenters. The molecular formula is C88H138NO8+. The molecule has 0 aromatic rings. The van der Waals surface area contributed by atoms with Crippen LogP contribution in [0.15, 0.2) is 219 Å². The number of likely N-dealkylation sites (N-methyl/N-ethyl adjacent to an activating group) is 1. The lowest BCUT2D eigenvalue weighted by molar-refractivity contribution is -0.870. The Hall–Kier alpha value is -6.39. The van der Waals surface area contributed by atoms with Crippen LogP contribution in [-0.2, 0) is 33.3 Å². The molecule has 9 heteroatoms. The Morgan fingerprint density at radius 1 is 0.309 bits per heavy atom. The van der Waals surface area contributed by atoms with Crippen molar-refractivity contribution < 1.29 is 42.9 Å². The molecular weight excluding hydrogens is 1200 g/mol. The fraction of sp³-hybridized carbons (Fsp3) is 0.557. The van der Waals surface area contributed by atoms with Gasteiger partial charge in [0.1, 0.15) is 13.2 Å². The molecule has 0 spiro atoms. The molecule has 0 fully saturated rings. The van der Waals surface area contributed by atoms with E-state index in [1.165, 1.54) is 51.4 Å². The van der Waals surface area contributed by atoms with Gasteiger partial charge in [0.2, 0.25) is 0 Å². The van der Waals surface area contributed by atoms with Crippen LogP contribution in [0, 0.1) is 0 Å². The van der Waals surface area contributed by atoms with E-state index in [4.69, 9.17) is 18.9 Å². The maximum Gasteiger partial charge on any atom is 0.361 e. The van der Waals surface area contributed by atoms with E-state index in [0.717, 1.165) is 173 Å². The smallest absolute Gasteiger partial charge is 0.361 e. The maximum atomic E-state index is 13.0. The number of esters is 2. The summed E-state index contributed by atoms with van der Waals surface area (Å²) in [5, 5.41) is 9.77. The van der Waals surface area contributed by atoms with Crippen LogP contribution in [0.1, 0.15) is 258 Å². The first-order chi connectivity index (χ1) is 47.6. The highest BCUT2D eigenvalue weighted by Gasteiger charge is 2.25. The van der Waals surface area contributed by atoms with Gasteiger partial charge in [-0.2, -0.15) is 0 Å². The van der Waals surface area contributed by atoms with Gasteiger partial charge in [0.05, 0.1) is 34.4 Å². The molecule has 0 saturated heterocycles. The van der Waals surface area contributed by atoms with Gasteiger partial charge in [0, 0.05) is 12.8 Å². The number of hydrogen-bond acceptors (Lipinski definition) is 7. The summed E-state index contributed by atoms with van der Waals surface area (Å²) in [6, 6.07) is 0. The van der Waals surface area contributed by atoms with Gasteiger partial charge in [0.15, 0.2) is 6.10 Å². The number of hydrogen-bond donors (Lipinski definition) is 1. The van der Waals surface area contributed by atoms with Crippen molar-refractivity contribution in [1.82, 2.24) is 0 Å². The monoisotopic (exact) mass is 1340 g/mol. The van der Waals surface area contributed by atoms with Crippen molar-refractivity contribution in [3.05, 3.63) is 219 Å². The highest BCUT2D eigenvalue weighted by atomic mass is 16.7. The summed E-state index contributed by atoms with van der Waals surface area (Å²) in [6.45, 7) is 4.60. The fourth-order valence-corrected chi connectivity index (χ4v) is 9.53. The van der Waals surface area contributed by atoms with Crippen LogP contribution < -0.4 is 0 Å². The van der Waals surface area contributed by atoms with Crippen molar-refractivity contribution >= 4 is 17.9 Å². The minimum atomic E-state index is -1.53. The van der Waals surface area contributed by atoms with Crippen LogP contribution in [0.4, 0.5) is 0 Å². The number of unbranched alkanes of at least 4 members (excludes halogenated alkanes) is 16. The molecule has 542 valence electrons. The molecule has 0 aliphatic heterocycles. The third-order valence-corrected chi connectivity index (χ3v) is 15.2. The van der Waals surface area contributed by atoms with Crippen LogP contribution in [0.25, 0.3) is 0 Å². The van der Waals surface area contributed by atoms with E-state index in [2.05, 4.69) is 233 Å². The summed E-state index contributed by atoms with van der Waals surface area (Å²) in [6.07, 6.45) is 116. The number of quaternary nitrogens is 1. The Kier molecular flexibility index (Phi) is 70.4. The summed E-state index contributed by atoms with van der Waals surface area (Å²) >= 11 is 0. The first-order valence-electron chi connectivity index (χ1n) is 37.9. The zero-order chi connectivity index (χ0) is 70.4. The lowest BCUT2D eigenvalue weighted by atomic mass is 10.1. The van der Waals surface area contributed by atoms with Crippen LogP contribution in [0.5, 0.6) is 0 Å². The van der Waals surface area contributed by atoms with Crippen molar-refractivity contribution in [3.8, 4) is 0 Å². The number of ether oxygens (including phenoxy) is 4. The van der Waals surface area contributed by atoms with Gasteiger partial charge in [-0.3, -0.25) is 9.59 Å². The molecule has 0 heterocycles. The lowest BCUT2D eigenvalue weighted by Gasteiger charge is -2.25. The first kappa shape index (κ1) is 90.6. The highest BCUT2D eigenvalue weighted by molar-refractivity contribution is 5.71. The molecule has 9 nitrogen and oxygen atoms in total. The van der Waals surface area contributed by atoms with E-state index in [0.29, 0.717) is 17.4 Å². The van der Waals surface area contributed by atoms with Gasteiger partial charge in [-0.05, 0) is 154 Å². The van der Waals surface area contributed by atoms with Crippen molar-refractivity contribution in [2.24, 2.45) is 0 Å². The van der Waals surface area contributed by atoms with Gasteiger partial charge < -0.3 is 28.5 Å². The van der Waals surface area contributed by atoms with Gasteiger partial charge in [-0.1, -0.05) is 310 Å². The van der Waals surface area contributed by atoms with Crippen LogP contribution >= 0.6 is 0 Å². The SMILES string of the molecule is CC/C=C\C/C=C\C/C=C\C/C=C\C/C=C\C/C=C\C/C=C\C/C=C\C/C=C\C/C=C\CCCCCCCCCCC(=O)OC(COC(=O)CCCCCCCCCC/C=C\C/C=C\C/C=C\C/C=C\C/C=C\C/C=C\C/C=C\C/C=C\CC)COC(OCC[N+](C)(C)C)C(=O)O. The topological polar surface area (TPSA) is 108 Å². The Balaban J connectivity index is 4.22. The molecule has 0 rings (SSSR count). The minimum absolute atomic E-state index is 0.173. The van der Waals surface area contributed by atoms with Crippen LogP contribution in [-0.4, -0.2) is 87.4 Å². The summed E-state index contributed by atoms with van der Waals surface area (Å²) in [7, 11) is 5.96. The third-order valence-electron chi connectivity index (χ3n) is 15.2. The van der Waals surface area contributed by atoms with Crippen molar-refractivity contribution in [2.45, 2.75) is 270 Å². The van der Waals surface area contributed by atoms with Crippen LogP contribution in [0.2, 0.25) is 0 Å². The molecule has 0 aromatic carbocycles. The quantitative estimate of drug-likeness (QED) is 0.0211. The summed E-state index contributed by atoms with van der Waals surface area (Å²) < 4.78 is 23.0. The Labute approximate surface area is 594 Å². The molecule has 97 heavy (non-hydrogen) atoms. The van der Waals surface area contributed by atoms with Gasteiger partial charge >= 0.3 is 17.9 Å². The van der Waals surface area contributed by atoms with Gasteiger partial charge in [-0.25, -0.2) is 4.79 Å². The van der Waals surface area contributed by atoms with Crippen LogP contribution in [0.3, 0.4) is 0 Å². The number of carboxylic acid groups (broad SMARTS) is 1. The number of aliphatic carboxylic acids is 1. The predicted molar refractivity (Wildman–Crippen MR) is 418 cm³/mol. The largest absolute Gasteiger partial charge is 0.477 e. The number of rotatable bonds is 67. The molecule has 0 radical (unpaired) electrons. The number of allylic oxidation sites excluding steroid dienone is 36. The Morgan fingerprint density at radius 2 is 0.557 bits per heavy atom. The molecule has 2 unspecified atom stereocenters. The highest BCUT2D eigenvalue weighted by Crippen LogP contribution is 2.15. The average molecular weight is 1340 g/mol. The molecule has 0 aromatic heterocycles. The van der Waals surface area contributed by atoms with E-state index in [9.17, 15) is 19.5 Å². The molecule has 0 saturated carbocycles. The first-order valence-corrected chi connectivity index (χ1v) is 37.9. The van der Waals surface area contributed by atoms with E-state index >= 15 is 0 Å². The van der Waals surface area contributed by atoms with Gasteiger partial charge in [-0.15, -0.1) is 0 Å². The average Bonchev–Trinajstić information content (AvgIpc) is 2.39. The summed E-state index contributed by atoms with van der Waals surface area (Å²) in [5.74, 6) is -2.05. The number of carbonyl (C=O) groups is 3. The Morgan fingerprint density at radius 3 is 0.825 bits per heavy atom. The standard InChI is InChI=1S/C88H137NO8/c1-6-8-10-12-14-16-18-20-22-24-26-28-30-32-34-36-38-40-41-42-43-44-45-47-49-51-53-55-57-59-61-63-65-67-69-71-73-75-77-79-86(91)97-84(83-96-88(87(92)93)94-81-80-89(3,4)5)82-95-85(90)78-76-74-72-70-68-66-64-62-60-58-56-54-52-50-48-46-39-37-35-33-31-29-27-25-23-21-19-17-15-13-11-9-7-2/h8-11,14-17,20-23,26-29,32-35,38-40,42-43,45-47,50-53,56-59,84,88H,6-7,12-13,18-19,24-25,30-31,36-37,41,44,48-49,54-55,60-83H2,1-5H3/p+1/b10-8-,11-9-,16-14-,17-15-,22-20-,23-21-,28-26-,29-27-,34-32-,35-33-,40-38-,43-42-,46-39-,47-45-,52-50-,53-51-,58-56-,59-57-. The Bertz CT molecular complexity index is 2400. The normalized spacial score (nSPS) is 13.9. The molecule has 0 amide bonds. The second-order valence-corrected chi connectivity index (χ2v) is 25.5. The zero-order valence-electron chi connectivity index (χ0n) is 61.9. The lowest BCUT2D eigenvalue weighted by Crippen LogP contribution is -2.40. The zero-order valence-corrected chi connectivity index (χ0v) is 61.9. The van der Waals surface area contributed by atoms with E-state index in [-0.39, 0.29) is 38.6 Å². The van der Waals surface area contributed by atoms with E-state index in [1.54, 1.807) is 0 Å². The minimum Gasteiger partial charge on any atom is -0.477 e. The van der Waals surface area contributed by atoms with E-state index < -0.39 is 24.3 Å². The second-order valence-electron chi connectivity index (χ2n) is 25.5. The predicted octanol–water partition coefficient (Wildman–Crippen LogP) is 24.5. The molecule has 0 aliphatic rings. The fourth-order valence-electron chi connectivity index (χ4n) is 9.53. The third kappa shape index (κ3) is 76.8. The number of nitrogens with zero attached hydrogens (tertiary/aromatic N) is 1. The molecule has 0 bridgehead atoms. The van der Waals surface area contributed by atoms with Crippen molar-refractivity contribution in [3.63, 3.8) is 0 Å². The summed E-state index contributed by atoms with van der Waals surface area (Å²) in [4.78, 5) is 37.7. The molecule has 0 aliphatic carbocycles. The summed E-state index contributed by atoms with van der Waals surface area (Å²) in [5.41, 5.74) is 0. The number of carbonyl (C=O) groups excluding carboxylic acids is 2. The van der Waals surface area contributed by atoms with Crippen molar-refractivity contribution in [1.29, 1.82) is 0 Å². The van der Waals surface area contributed by atoms with Crippen molar-refractivity contribution in [2.75, 3.05) is 47.5 Å². The van der Waals surface area contributed by atoms with E-state index in [1.807, 2.05) is 21.1 Å². The maximum absolute atomic E-state index is 13.0. The van der Waals surface area contributed by atoms with Gasteiger partial charge in [0.25, 0.3) is 6.29 Å². The second kappa shape index (κ2) is 75.4. The molecule has 1 N–H and O–H groups in total. The number of carboxylic acids is 1.